The SMILES string of the molecule is N#CC(O)(c1ccccc1)c1ccccc1-c1ccc(Cl)cc1. The summed E-state index contributed by atoms with van der Waals surface area (Å²) in [6.45, 7) is 0. The van der Waals surface area contributed by atoms with Crippen LogP contribution >= 0.6 is 11.6 Å². The summed E-state index contributed by atoms with van der Waals surface area (Å²) in [4.78, 5) is 0. The van der Waals surface area contributed by atoms with E-state index in [1.807, 2.05) is 48.5 Å². The van der Waals surface area contributed by atoms with Gasteiger partial charge in [0.2, 0.25) is 5.60 Å². The molecule has 0 aliphatic rings. The molecule has 0 saturated carbocycles. The zero-order chi connectivity index (χ0) is 16.3. The van der Waals surface area contributed by atoms with Gasteiger partial charge in [-0.3, -0.25) is 0 Å². The third-order valence-corrected chi connectivity index (χ3v) is 4.08. The zero-order valence-electron chi connectivity index (χ0n) is 12.3. The highest BCUT2D eigenvalue weighted by Gasteiger charge is 2.33. The molecular formula is C20H14ClNO. The third-order valence-electron chi connectivity index (χ3n) is 3.83. The van der Waals surface area contributed by atoms with Gasteiger partial charge in [0.1, 0.15) is 6.07 Å². The fourth-order valence-corrected chi connectivity index (χ4v) is 2.77. The minimum Gasteiger partial charge on any atom is -0.368 e. The normalized spacial score (nSPS) is 13.1. The molecule has 0 saturated heterocycles. The van der Waals surface area contributed by atoms with Crippen LogP contribution in [0.1, 0.15) is 11.1 Å². The van der Waals surface area contributed by atoms with E-state index in [-0.39, 0.29) is 0 Å². The van der Waals surface area contributed by atoms with Crippen LogP contribution in [0.15, 0.2) is 78.9 Å². The first kappa shape index (κ1) is 15.3. The lowest BCUT2D eigenvalue weighted by atomic mass is 9.83. The Morgan fingerprint density at radius 2 is 1.43 bits per heavy atom. The topological polar surface area (TPSA) is 44.0 Å². The Bertz CT molecular complexity index is 853. The Labute approximate surface area is 140 Å². The van der Waals surface area contributed by atoms with Crippen molar-refractivity contribution in [3.05, 3.63) is 95.0 Å². The summed E-state index contributed by atoms with van der Waals surface area (Å²) in [5.74, 6) is 0. The molecule has 2 nitrogen and oxygen atoms in total. The molecule has 1 atom stereocenters. The maximum Gasteiger partial charge on any atom is 0.203 e. The average molecular weight is 320 g/mol. The smallest absolute Gasteiger partial charge is 0.203 e. The third kappa shape index (κ3) is 2.85. The molecule has 3 aromatic carbocycles. The summed E-state index contributed by atoms with van der Waals surface area (Å²) >= 11 is 5.95. The zero-order valence-corrected chi connectivity index (χ0v) is 13.0. The Hall–Kier alpha value is -2.60. The quantitative estimate of drug-likeness (QED) is 0.707. The van der Waals surface area contributed by atoms with Crippen LogP contribution in [0, 0.1) is 11.3 Å². The number of benzene rings is 3. The van der Waals surface area contributed by atoms with Crippen LogP contribution in [0.3, 0.4) is 0 Å². The van der Waals surface area contributed by atoms with Crippen LogP contribution in [0.25, 0.3) is 11.1 Å². The van der Waals surface area contributed by atoms with E-state index in [0.29, 0.717) is 16.1 Å². The molecule has 112 valence electrons. The highest BCUT2D eigenvalue weighted by atomic mass is 35.5. The van der Waals surface area contributed by atoms with E-state index in [4.69, 9.17) is 11.6 Å². The van der Waals surface area contributed by atoms with Crippen molar-refractivity contribution in [1.82, 2.24) is 0 Å². The predicted molar refractivity (Wildman–Crippen MR) is 91.9 cm³/mol. The Morgan fingerprint density at radius 1 is 0.826 bits per heavy atom. The fourth-order valence-electron chi connectivity index (χ4n) is 2.64. The summed E-state index contributed by atoms with van der Waals surface area (Å²) in [7, 11) is 0. The van der Waals surface area contributed by atoms with Gasteiger partial charge in [-0.05, 0) is 23.3 Å². The van der Waals surface area contributed by atoms with Crippen molar-refractivity contribution in [2.75, 3.05) is 0 Å². The second kappa shape index (κ2) is 6.26. The number of aliphatic hydroxyl groups is 1. The molecule has 1 N–H and O–H groups in total. The largest absolute Gasteiger partial charge is 0.368 e. The molecule has 3 rings (SSSR count). The highest BCUT2D eigenvalue weighted by molar-refractivity contribution is 6.30. The number of halogens is 1. The minimum absolute atomic E-state index is 0.545. The summed E-state index contributed by atoms with van der Waals surface area (Å²) in [5, 5.41) is 21.4. The Kier molecular flexibility index (Phi) is 4.16. The van der Waals surface area contributed by atoms with Gasteiger partial charge >= 0.3 is 0 Å². The van der Waals surface area contributed by atoms with Crippen LogP contribution in [0.5, 0.6) is 0 Å². The van der Waals surface area contributed by atoms with E-state index < -0.39 is 5.60 Å². The number of rotatable bonds is 3. The molecule has 3 heteroatoms. The predicted octanol–water partition coefficient (Wildman–Crippen LogP) is 4.77. The molecule has 0 aromatic heterocycles. The average Bonchev–Trinajstić information content (AvgIpc) is 2.62. The number of nitrogens with zero attached hydrogens (tertiary/aromatic N) is 1. The molecule has 3 aromatic rings. The van der Waals surface area contributed by atoms with Crippen LogP contribution in [-0.4, -0.2) is 5.11 Å². The van der Waals surface area contributed by atoms with Crippen molar-refractivity contribution in [3.63, 3.8) is 0 Å². The molecular weight excluding hydrogens is 306 g/mol. The summed E-state index contributed by atoms with van der Waals surface area (Å²) in [5.41, 5.74) is 1.09. The first-order valence-corrected chi connectivity index (χ1v) is 7.57. The van der Waals surface area contributed by atoms with Gasteiger partial charge in [0.05, 0.1) is 0 Å². The van der Waals surface area contributed by atoms with Crippen molar-refractivity contribution in [3.8, 4) is 17.2 Å². The Morgan fingerprint density at radius 3 is 2.09 bits per heavy atom. The van der Waals surface area contributed by atoms with Crippen molar-refractivity contribution in [2.45, 2.75) is 5.60 Å². The van der Waals surface area contributed by atoms with E-state index in [2.05, 4.69) is 6.07 Å². The second-order valence-corrected chi connectivity index (χ2v) is 5.68. The molecule has 0 fully saturated rings. The van der Waals surface area contributed by atoms with Gasteiger partial charge in [-0.25, -0.2) is 0 Å². The minimum atomic E-state index is -1.71. The summed E-state index contributed by atoms with van der Waals surface area (Å²) < 4.78 is 0. The lowest BCUT2D eigenvalue weighted by molar-refractivity contribution is 0.143. The van der Waals surface area contributed by atoms with E-state index in [1.54, 1.807) is 30.3 Å². The van der Waals surface area contributed by atoms with Crippen molar-refractivity contribution in [2.24, 2.45) is 0 Å². The van der Waals surface area contributed by atoms with Crippen molar-refractivity contribution in [1.29, 1.82) is 5.26 Å². The molecule has 0 heterocycles. The summed E-state index contributed by atoms with van der Waals surface area (Å²) in [6, 6.07) is 25.8. The van der Waals surface area contributed by atoms with Gasteiger partial charge in [-0.1, -0.05) is 78.3 Å². The molecule has 23 heavy (non-hydrogen) atoms. The van der Waals surface area contributed by atoms with Gasteiger partial charge in [-0.15, -0.1) is 0 Å². The number of nitriles is 1. The lowest BCUT2D eigenvalue weighted by Gasteiger charge is -2.24. The van der Waals surface area contributed by atoms with Crippen LogP contribution in [-0.2, 0) is 5.60 Å². The van der Waals surface area contributed by atoms with E-state index in [0.717, 1.165) is 11.1 Å². The number of hydrogen-bond donors (Lipinski definition) is 1. The molecule has 0 bridgehead atoms. The molecule has 0 spiro atoms. The Balaban J connectivity index is 2.20. The maximum atomic E-state index is 11.1. The summed E-state index contributed by atoms with van der Waals surface area (Å²) in [6.07, 6.45) is 0. The van der Waals surface area contributed by atoms with Gasteiger partial charge in [-0.2, -0.15) is 5.26 Å². The molecule has 0 radical (unpaired) electrons. The van der Waals surface area contributed by atoms with Crippen LogP contribution < -0.4 is 0 Å². The highest BCUT2D eigenvalue weighted by Crippen LogP contribution is 2.36. The molecule has 0 aliphatic carbocycles. The molecule has 1 unspecified atom stereocenters. The molecule has 0 amide bonds. The molecule has 0 aliphatic heterocycles. The fraction of sp³-hybridized carbons (Fsp3) is 0.0500. The monoisotopic (exact) mass is 319 g/mol. The first-order chi connectivity index (χ1) is 11.1. The van der Waals surface area contributed by atoms with Gasteiger partial charge in [0.15, 0.2) is 0 Å². The van der Waals surface area contributed by atoms with E-state index in [1.165, 1.54) is 0 Å². The van der Waals surface area contributed by atoms with Crippen LogP contribution in [0.4, 0.5) is 0 Å². The van der Waals surface area contributed by atoms with Crippen molar-refractivity contribution < 1.29 is 5.11 Å². The first-order valence-electron chi connectivity index (χ1n) is 7.20. The van der Waals surface area contributed by atoms with Gasteiger partial charge < -0.3 is 5.11 Å². The van der Waals surface area contributed by atoms with Crippen molar-refractivity contribution >= 4 is 11.6 Å². The lowest BCUT2D eigenvalue weighted by Crippen LogP contribution is -2.25. The van der Waals surface area contributed by atoms with Crippen LogP contribution in [0.2, 0.25) is 5.02 Å². The van der Waals surface area contributed by atoms with Gasteiger partial charge in [0, 0.05) is 16.1 Å². The van der Waals surface area contributed by atoms with E-state index >= 15 is 0 Å². The standard InChI is InChI=1S/C20H14ClNO/c21-17-12-10-15(11-13-17)18-8-4-5-9-19(18)20(23,14-22)16-6-2-1-3-7-16/h1-13,23H. The second-order valence-electron chi connectivity index (χ2n) is 5.24. The maximum absolute atomic E-state index is 11.1. The van der Waals surface area contributed by atoms with E-state index in [9.17, 15) is 10.4 Å². The van der Waals surface area contributed by atoms with Gasteiger partial charge in [0.25, 0.3) is 0 Å². The number of hydrogen-bond acceptors (Lipinski definition) is 2.